The molecule has 7 nitrogen and oxygen atoms in total. The molecule has 1 saturated heterocycles. The number of carbonyl (C=O) groups excluding carboxylic acids is 2. The second-order valence-electron chi connectivity index (χ2n) is 8.16. The number of amides is 2. The van der Waals surface area contributed by atoms with E-state index in [-0.39, 0.29) is 17.7 Å². The summed E-state index contributed by atoms with van der Waals surface area (Å²) in [6.07, 6.45) is 1.60. The van der Waals surface area contributed by atoms with Crippen LogP contribution in [0, 0.1) is 5.92 Å². The van der Waals surface area contributed by atoms with Crippen molar-refractivity contribution in [1.29, 1.82) is 0 Å². The highest BCUT2D eigenvalue weighted by Crippen LogP contribution is 2.24. The van der Waals surface area contributed by atoms with E-state index in [0.717, 1.165) is 54.9 Å². The summed E-state index contributed by atoms with van der Waals surface area (Å²) in [5.74, 6) is 0.311. The average molecular weight is 454 g/mol. The van der Waals surface area contributed by atoms with Gasteiger partial charge in [-0.3, -0.25) is 14.9 Å². The van der Waals surface area contributed by atoms with Crippen LogP contribution in [0.5, 0.6) is 0 Å². The van der Waals surface area contributed by atoms with E-state index in [1.165, 1.54) is 11.3 Å². The number of carbonyl (C=O) groups is 2. The molecule has 1 atom stereocenters. The normalized spacial score (nSPS) is 16.6. The number of imidazole rings is 1. The van der Waals surface area contributed by atoms with Crippen molar-refractivity contribution in [1.82, 2.24) is 19.4 Å². The number of hydrogen-bond acceptors (Lipinski definition) is 5. The van der Waals surface area contributed by atoms with Gasteiger partial charge in [0.1, 0.15) is 0 Å². The largest absolute Gasteiger partial charge is 0.337 e. The summed E-state index contributed by atoms with van der Waals surface area (Å²) in [6.45, 7) is 9.08. The lowest BCUT2D eigenvalue weighted by Gasteiger charge is -2.31. The van der Waals surface area contributed by atoms with Crippen LogP contribution >= 0.6 is 11.3 Å². The van der Waals surface area contributed by atoms with Gasteiger partial charge in [-0.15, -0.1) is 11.3 Å². The van der Waals surface area contributed by atoms with Crippen LogP contribution in [0.4, 0.5) is 5.95 Å². The molecular formula is C24H31N5O2S. The third-order valence-electron chi connectivity index (χ3n) is 6.24. The first-order valence-electron chi connectivity index (χ1n) is 11.4. The fraction of sp³-hybridized carbons (Fsp3) is 0.458. The fourth-order valence-corrected chi connectivity index (χ4v) is 5.01. The van der Waals surface area contributed by atoms with Gasteiger partial charge < -0.3 is 14.4 Å². The molecule has 3 aromatic rings. The number of likely N-dealkylation sites (tertiary alicyclic amines) is 1. The fourth-order valence-electron chi connectivity index (χ4n) is 4.32. The van der Waals surface area contributed by atoms with Gasteiger partial charge in [0.05, 0.1) is 21.8 Å². The van der Waals surface area contributed by atoms with Crippen LogP contribution in [0.25, 0.3) is 11.0 Å². The molecule has 2 aromatic heterocycles. The van der Waals surface area contributed by atoms with Crippen molar-refractivity contribution in [3.63, 3.8) is 0 Å². The molecule has 170 valence electrons. The summed E-state index contributed by atoms with van der Waals surface area (Å²) in [4.78, 5) is 35.5. The Morgan fingerprint density at radius 3 is 2.75 bits per heavy atom. The van der Waals surface area contributed by atoms with E-state index in [1.807, 2.05) is 46.7 Å². The number of nitrogens with zero attached hydrogens (tertiary/aromatic N) is 4. The summed E-state index contributed by atoms with van der Waals surface area (Å²) >= 11 is 1.44. The first kappa shape index (κ1) is 22.5. The van der Waals surface area contributed by atoms with Gasteiger partial charge >= 0.3 is 0 Å². The monoisotopic (exact) mass is 453 g/mol. The Morgan fingerprint density at radius 1 is 1.19 bits per heavy atom. The second-order valence-corrected chi connectivity index (χ2v) is 9.11. The maximum atomic E-state index is 13.2. The highest BCUT2D eigenvalue weighted by Gasteiger charge is 2.30. The van der Waals surface area contributed by atoms with Gasteiger partial charge in [-0.25, -0.2) is 4.98 Å². The average Bonchev–Trinajstić information content (AvgIpc) is 3.48. The van der Waals surface area contributed by atoms with Gasteiger partial charge in [-0.05, 0) is 49.5 Å². The Kier molecular flexibility index (Phi) is 7.22. The molecule has 1 fully saturated rings. The minimum Gasteiger partial charge on any atom is -0.337 e. The molecule has 3 heterocycles. The van der Waals surface area contributed by atoms with E-state index in [0.29, 0.717) is 19.0 Å². The minimum atomic E-state index is -0.233. The van der Waals surface area contributed by atoms with Crippen molar-refractivity contribution in [2.45, 2.75) is 33.2 Å². The highest BCUT2D eigenvalue weighted by molar-refractivity contribution is 7.12. The predicted molar refractivity (Wildman–Crippen MR) is 129 cm³/mol. The molecule has 0 saturated carbocycles. The van der Waals surface area contributed by atoms with Crippen LogP contribution in [0.3, 0.4) is 0 Å². The summed E-state index contributed by atoms with van der Waals surface area (Å²) < 4.78 is 2.10. The summed E-state index contributed by atoms with van der Waals surface area (Å²) in [7, 11) is 0. The van der Waals surface area contributed by atoms with Crippen LogP contribution in [0.15, 0.2) is 41.8 Å². The lowest BCUT2D eigenvalue weighted by Crippen LogP contribution is -2.43. The Morgan fingerprint density at radius 2 is 2.00 bits per heavy atom. The van der Waals surface area contributed by atoms with Crippen LogP contribution in [-0.4, -0.2) is 63.9 Å². The van der Waals surface area contributed by atoms with Crippen LogP contribution < -0.4 is 5.32 Å². The Balaban J connectivity index is 1.49. The lowest BCUT2D eigenvalue weighted by atomic mass is 9.97. The molecule has 4 rings (SSSR count). The summed E-state index contributed by atoms with van der Waals surface area (Å²) in [6, 6.07) is 11.7. The van der Waals surface area contributed by atoms with Gasteiger partial charge in [0, 0.05) is 26.2 Å². The van der Waals surface area contributed by atoms with Crippen molar-refractivity contribution in [3.05, 3.63) is 46.7 Å². The molecule has 0 aliphatic carbocycles. The number of likely N-dealkylation sites (N-methyl/N-ethyl adjacent to an activating group) is 1. The molecular weight excluding hydrogens is 422 g/mol. The van der Waals surface area contributed by atoms with E-state index in [4.69, 9.17) is 4.98 Å². The number of hydrogen-bond donors (Lipinski definition) is 1. The van der Waals surface area contributed by atoms with E-state index >= 15 is 0 Å². The topological polar surface area (TPSA) is 70.5 Å². The predicted octanol–water partition coefficient (Wildman–Crippen LogP) is 3.93. The summed E-state index contributed by atoms with van der Waals surface area (Å²) in [5.41, 5.74) is 1.90. The van der Waals surface area contributed by atoms with E-state index < -0.39 is 0 Å². The van der Waals surface area contributed by atoms with Crippen molar-refractivity contribution in [2.75, 3.05) is 38.0 Å². The van der Waals surface area contributed by atoms with Gasteiger partial charge in [-0.2, -0.15) is 0 Å². The zero-order valence-electron chi connectivity index (χ0n) is 18.8. The molecule has 0 bridgehead atoms. The first-order valence-corrected chi connectivity index (χ1v) is 12.3. The quantitative estimate of drug-likeness (QED) is 0.561. The number of anilines is 1. The Bertz CT molecular complexity index is 1060. The molecule has 1 unspecified atom stereocenters. The smallest absolute Gasteiger partial charge is 0.263 e. The standard InChI is InChI=1S/C24H31N5O2S/c1-3-27(4-2)14-15-29-20-11-6-5-10-19(20)25-24(29)26-22(30)18-9-7-13-28(17-18)23(31)21-12-8-16-32-21/h5-6,8,10-12,16,18H,3-4,7,9,13-15,17H2,1-2H3,(H,25,26,30). The maximum absolute atomic E-state index is 13.2. The number of nitrogens with one attached hydrogen (secondary N) is 1. The lowest BCUT2D eigenvalue weighted by molar-refractivity contribution is -0.121. The number of piperidine rings is 1. The number of rotatable bonds is 8. The number of fused-ring (bicyclic) bond motifs is 1. The molecule has 1 N–H and O–H groups in total. The molecule has 2 amide bonds. The van der Waals surface area contributed by atoms with E-state index in [1.54, 1.807) is 0 Å². The van der Waals surface area contributed by atoms with Gasteiger partial charge in [0.15, 0.2) is 0 Å². The van der Waals surface area contributed by atoms with Crippen molar-refractivity contribution in [2.24, 2.45) is 5.92 Å². The number of para-hydroxylation sites is 2. The maximum Gasteiger partial charge on any atom is 0.263 e. The van der Waals surface area contributed by atoms with Crippen LogP contribution in [0.1, 0.15) is 36.4 Å². The zero-order chi connectivity index (χ0) is 22.5. The van der Waals surface area contributed by atoms with Gasteiger partial charge in [-0.1, -0.05) is 32.0 Å². The van der Waals surface area contributed by atoms with E-state index in [9.17, 15) is 9.59 Å². The van der Waals surface area contributed by atoms with Crippen LogP contribution in [-0.2, 0) is 11.3 Å². The Hall–Kier alpha value is -2.71. The third-order valence-corrected chi connectivity index (χ3v) is 7.09. The number of thiophene rings is 1. The summed E-state index contributed by atoms with van der Waals surface area (Å²) in [5, 5.41) is 4.99. The molecule has 0 radical (unpaired) electrons. The molecule has 1 aliphatic rings. The Labute approximate surface area is 193 Å². The van der Waals surface area contributed by atoms with Crippen molar-refractivity contribution < 1.29 is 9.59 Å². The second kappa shape index (κ2) is 10.3. The van der Waals surface area contributed by atoms with E-state index in [2.05, 4.69) is 28.6 Å². The zero-order valence-corrected chi connectivity index (χ0v) is 19.6. The molecule has 1 aliphatic heterocycles. The third kappa shape index (κ3) is 4.86. The van der Waals surface area contributed by atoms with Crippen LogP contribution in [0.2, 0.25) is 0 Å². The molecule has 1 aromatic carbocycles. The molecule has 8 heteroatoms. The van der Waals surface area contributed by atoms with Gasteiger partial charge in [0.2, 0.25) is 11.9 Å². The van der Waals surface area contributed by atoms with Crippen molar-refractivity contribution >= 4 is 40.1 Å². The van der Waals surface area contributed by atoms with Gasteiger partial charge in [0.25, 0.3) is 5.91 Å². The number of aromatic nitrogens is 2. The molecule has 0 spiro atoms. The minimum absolute atomic E-state index is 0.0176. The number of benzene rings is 1. The molecule has 32 heavy (non-hydrogen) atoms. The highest BCUT2D eigenvalue weighted by atomic mass is 32.1. The van der Waals surface area contributed by atoms with Crippen molar-refractivity contribution in [3.8, 4) is 0 Å². The first-order chi connectivity index (χ1) is 15.6. The SMILES string of the molecule is CCN(CC)CCn1c(NC(=O)C2CCCN(C(=O)c3cccs3)C2)nc2ccccc21.